The van der Waals surface area contributed by atoms with Crippen LogP contribution in [0.1, 0.15) is 38.1 Å². The molecule has 0 aliphatic heterocycles. The Morgan fingerprint density at radius 3 is 2.65 bits per heavy atom. The minimum absolute atomic E-state index is 0.00171. The largest absolute Gasteiger partial charge is 0.335 e. The lowest BCUT2D eigenvalue weighted by Gasteiger charge is -2.25. The van der Waals surface area contributed by atoms with Crippen LogP contribution in [0.2, 0.25) is 0 Å². The molecule has 2 heterocycles. The van der Waals surface area contributed by atoms with Gasteiger partial charge < -0.3 is 15.2 Å². The molecule has 23 heavy (non-hydrogen) atoms. The van der Waals surface area contributed by atoms with Crippen molar-refractivity contribution in [2.24, 2.45) is 5.92 Å². The van der Waals surface area contributed by atoms with Gasteiger partial charge in [-0.05, 0) is 31.4 Å². The van der Waals surface area contributed by atoms with Gasteiger partial charge in [0.1, 0.15) is 0 Å². The number of aromatic nitrogens is 3. The predicted octanol–water partition coefficient (Wildman–Crippen LogP) is 2.67. The molecule has 0 spiro atoms. The maximum Gasteiger partial charge on any atom is 0.315 e. The van der Waals surface area contributed by atoms with Crippen molar-refractivity contribution in [3.63, 3.8) is 0 Å². The summed E-state index contributed by atoms with van der Waals surface area (Å²) < 4.78 is 1.94. The molecule has 6 heteroatoms. The zero-order chi connectivity index (χ0) is 16.8. The summed E-state index contributed by atoms with van der Waals surface area (Å²) in [5.41, 5.74) is 2.00. The zero-order valence-electron chi connectivity index (χ0n) is 14.2. The Balaban J connectivity index is 1.97. The minimum atomic E-state index is -0.179. The molecule has 0 aromatic carbocycles. The Hall–Kier alpha value is -2.37. The highest BCUT2D eigenvalue weighted by Crippen LogP contribution is 2.22. The van der Waals surface area contributed by atoms with Crippen molar-refractivity contribution in [1.29, 1.82) is 0 Å². The number of hydrogen-bond donors (Lipinski definition) is 2. The molecular weight excluding hydrogens is 290 g/mol. The summed E-state index contributed by atoms with van der Waals surface area (Å²) in [6.07, 6.45) is 7.11. The number of rotatable bonds is 6. The Morgan fingerprint density at radius 1 is 1.26 bits per heavy atom. The summed E-state index contributed by atoms with van der Waals surface area (Å²) >= 11 is 0. The van der Waals surface area contributed by atoms with Gasteiger partial charge in [-0.2, -0.15) is 0 Å². The third-order valence-electron chi connectivity index (χ3n) is 3.72. The van der Waals surface area contributed by atoms with Gasteiger partial charge in [0.15, 0.2) is 0 Å². The first-order chi connectivity index (χ1) is 11.0. The number of amides is 2. The fourth-order valence-electron chi connectivity index (χ4n) is 2.54. The van der Waals surface area contributed by atoms with Crippen LogP contribution in [0.4, 0.5) is 4.79 Å². The van der Waals surface area contributed by atoms with Crippen LogP contribution in [0.5, 0.6) is 0 Å². The molecule has 2 rings (SSSR count). The van der Waals surface area contributed by atoms with E-state index < -0.39 is 0 Å². The summed E-state index contributed by atoms with van der Waals surface area (Å²) in [4.78, 5) is 20.7. The Kier molecular flexibility index (Phi) is 5.73. The number of urea groups is 1. The van der Waals surface area contributed by atoms with Gasteiger partial charge in [-0.25, -0.2) is 9.78 Å². The summed E-state index contributed by atoms with van der Waals surface area (Å²) in [5, 5.41) is 6.01. The molecule has 124 valence electrons. The Labute approximate surface area is 137 Å². The van der Waals surface area contributed by atoms with Crippen LogP contribution in [-0.4, -0.2) is 26.6 Å². The summed E-state index contributed by atoms with van der Waals surface area (Å²) in [7, 11) is 0. The van der Waals surface area contributed by atoms with E-state index in [0.29, 0.717) is 6.54 Å². The standard InChI is InChI=1S/C17H25N5O/c1-12(2)15(16-13(3)6-5-7-19-16)21-17(23)20-14(4)10-22-9-8-18-11-22/h5-9,11-12,14-15H,10H2,1-4H3,(H2,20,21,23)/t14-,15-/m0/s1. The molecule has 0 radical (unpaired) electrons. The van der Waals surface area contributed by atoms with E-state index in [1.54, 1.807) is 18.7 Å². The van der Waals surface area contributed by atoms with E-state index in [0.717, 1.165) is 11.3 Å². The van der Waals surface area contributed by atoms with Crippen LogP contribution in [0.25, 0.3) is 0 Å². The van der Waals surface area contributed by atoms with Gasteiger partial charge in [0, 0.05) is 31.2 Å². The van der Waals surface area contributed by atoms with Crippen LogP contribution >= 0.6 is 0 Å². The number of pyridine rings is 1. The number of carbonyl (C=O) groups excluding carboxylic acids is 1. The molecule has 0 saturated carbocycles. The average Bonchev–Trinajstić information content (AvgIpc) is 2.98. The molecule has 0 aliphatic rings. The van der Waals surface area contributed by atoms with Crippen LogP contribution in [0.3, 0.4) is 0 Å². The third-order valence-corrected chi connectivity index (χ3v) is 3.72. The van der Waals surface area contributed by atoms with Crippen LogP contribution in [0.15, 0.2) is 37.1 Å². The lowest BCUT2D eigenvalue weighted by Crippen LogP contribution is -2.45. The summed E-state index contributed by atoms with van der Waals surface area (Å²) in [5.74, 6) is 0.248. The van der Waals surface area contributed by atoms with Gasteiger partial charge in [0.05, 0.1) is 18.1 Å². The van der Waals surface area contributed by atoms with E-state index >= 15 is 0 Å². The highest BCUT2D eigenvalue weighted by molar-refractivity contribution is 5.74. The van der Waals surface area contributed by atoms with Gasteiger partial charge in [-0.3, -0.25) is 4.98 Å². The molecule has 0 unspecified atom stereocenters. The lowest BCUT2D eigenvalue weighted by molar-refractivity contribution is 0.228. The predicted molar refractivity (Wildman–Crippen MR) is 89.9 cm³/mol. The lowest BCUT2D eigenvalue weighted by atomic mass is 9.97. The number of carbonyl (C=O) groups is 1. The van der Waals surface area contributed by atoms with Gasteiger partial charge in [0.2, 0.25) is 0 Å². The van der Waals surface area contributed by atoms with Crippen molar-refractivity contribution in [1.82, 2.24) is 25.2 Å². The Bertz CT molecular complexity index is 624. The van der Waals surface area contributed by atoms with E-state index in [1.165, 1.54) is 0 Å². The Morgan fingerprint density at radius 2 is 2.04 bits per heavy atom. The van der Waals surface area contributed by atoms with E-state index in [1.807, 2.05) is 36.7 Å². The smallest absolute Gasteiger partial charge is 0.315 e. The first kappa shape index (κ1) is 17.0. The highest BCUT2D eigenvalue weighted by Gasteiger charge is 2.21. The molecular formula is C17H25N5O. The highest BCUT2D eigenvalue weighted by atomic mass is 16.2. The molecule has 2 amide bonds. The fraction of sp³-hybridized carbons (Fsp3) is 0.471. The number of nitrogens with zero attached hydrogens (tertiary/aromatic N) is 3. The molecule has 2 atom stereocenters. The summed E-state index contributed by atoms with van der Waals surface area (Å²) in [6.45, 7) is 8.82. The van der Waals surface area contributed by atoms with Crippen molar-refractivity contribution >= 4 is 6.03 Å². The maximum absolute atomic E-state index is 12.3. The molecule has 0 bridgehead atoms. The first-order valence-electron chi connectivity index (χ1n) is 7.91. The van der Waals surface area contributed by atoms with Crippen molar-refractivity contribution in [2.75, 3.05) is 0 Å². The van der Waals surface area contributed by atoms with E-state index in [9.17, 15) is 4.79 Å². The number of hydrogen-bond acceptors (Lipinski definition) is 3. The first-order valence-corrected chi connectivity index (χ1v) is 7.91. The second-order valence-corrected chi connectivity index (χ2v) is 6.21. The quantitative estimate of drug-likeness (QED) is 0.861. The van der Waals surface area contributed by atoms with Crippen LogP contribution in [0, 0.1) is 12.8 Å². The number of imidazole rings is 1. The molecule has 2 aromatic rings. The van der Waals surface area contributed by atoms with Gasteiger partial charge >= 0.3 is 6.03 Å². The molecule has 6 nitrogen and oxygen atoms in total. The van der Waals surface area contributed by atoms with E-state index in [4.69, 9.17) is 0 Å². The zero-order valence-corrected chi connectivity index (χ0v) is 14.2. The van der Waals surface area contributed by atoms with Gasteiger partial charge in [-0.1, -0.05) is 19.9 Å². The van der Waals surface area contributed by atoms with E-state index in [-0.39, 0.29) is 24.0 Å². The minimum Gasteiger partial charge on any atom is -0.335 e. The van der Waals surface area contributed by atoms with Gasteiger partial charge in [-0.15, -0.1) is 0 Å². The van der Waals surface area contributed by atoms with Gasteiger partial charge in [0.25, 0.3) is 0 Å². The van der Waals surface area contributed by atoms with Crippen molar-refractivity contribution < 1.29 is 4.79 Å². The fourth-order valence-corrected chi connectivity index (χ4v) is 2.54. The molecule has 0 aliphatic carbocycles. The van der Waals surface area contributed by atoms with Crippen molar-refractivity contribution in [3.8, 4) is 0 Å². The molecule has 2 aromatic heterocycles. The topological polar surface area (TPSA) is 71.8 Å². The molecule has 0 fully saturated rings. The number of nitrogens with one attached hydrogen (secondary N) is 2. The normalized spacial score (nSPS) is 13.6. The van der Waals surface area contributed by atoms with Crippen LogP contribution in [-0.2, 0) is 6.54 Å². The SMILES string of the molecule is Cc1cccnc1[C@@H](NC(=O)N[C@@H](C)Cn1ccnc1)C(C)C. The van der Waals surface area contributed by atoms with Crippen molar-refractivity contribution in [2.45, 2.75) is 46.3 Å². The van der Waals surface area contributed by atoms with Crippen LogP contribution < -0.4 is 10.6 Å². The second kappa shape index (κ2) is 7.76. The maximum atomic E-state index is 12.3. The monoisotopic (exact) mass is 315 g/mol. The van der Waals surface area contributed by atoms with Crippen molar-refractivity contribution in [3.05, 3.63) is 48.3 Å². The molecule has 0 saturated heterocycles. The average molecular weight is 315 g/mol. The number of aryl methyl sites for hydroxylation is 1. The third kappa shape index (κ3) is 4.81. The molecule has 2 N–H and O–H groups in total. The van der Waals surface area contributed by atoms with E-state index in [2.05, 4.69) is 34.4 Å². The summed E-state index contributed by atoms with van der Waals surface area (Å²) in [6, 6.07) is 3.63. The second-order valence-electron chi connectivity index (χ2n) is 6.21.